The fraction of sp³-hybridized carbons (Fsp3) is 0.455. The number of hydrogen-bond donors (Lipinski definition) is 2. The van der Waals surface area contributed by atoms with Crippen molar-refractivity contribution in [1.82, 2.24) is 10.3 Å². The number of allylic oxidation sites excluding steroid dienone is 3. The maximum Gasteiger partial charge on any atom is 0.0479 e. The normalized spacial score (nSPS) is 20.8. The van der Waals surface area contributed by atoms with Gasteiger partial charge in [-0.05, 0) is 54.0 Å². The average molecular weight is 338 g/mol. The number of nitrogens with zero attached hydrogens (tertiary/aromatic N) is 1. The van der Waals surface area contributed by atoms with Crippen molar-refractivity contribution in [1.29, 1.82) is 0 Å². The van der Waals surface area contributed by atoms with Crippen LogP contribution in [-0.4, -0.2) is 26.1 Å². The van der Waals surface area contributed by atoms with Gasteiger partial charge in [0.25, 0.3) is 0 Å². The first-order chi connectivity index (χ1) is 11.9. The molecule has 0 saturated heterocycles. The molecule has 3 heteroatoms. The van der Waals surface area contributed by atoms with E-state index in [2.05, 4.69) is 74.0 Å². The molecule has 1 aliphatic carbocycles. The van der Waals surface area contributed by atoms with Crippen molar-refractivity contribution in [2.45, 2.75) is 39.5 Å². The number of benzene rings is 1. The minimum absolute atomic E-state index is 0.406. The van der Waals surface area contributed by atoms with Gasteiger partial charge in [0.15, 0.2) is 0 Å². The predicted octanol–water partition coefficient (Wildman–Crippen LogP) is 5.32. The lowest BCUT2D eigenvalue weighted by Crippen LogP contribution is -2.26. The van der Waals surface area contributed by atoms with Crippen LogP contribution in [0, 0.1) is 5.41 Å². The zero-order valence-electron chi connectivity index (χ0n) is 16.3. The van der Waals surface area contributed by atoms with E-state index in [0.717, 1.165) is 24.1 Å². The van der Waals surface area contributed by atoms with Crippen LogP contribution in [0.15, 0.2) is 42.1 Å². The lowest BCUT2D eigenvalue weighted by Gasteiger charge is -2.36. The van der Waals surface area contributed by atoms with Gasteiger partial charge in [-0.15, -0.1) is 0 Å². The van der Waals surface area contributed by atoms with Gasteiger partial charge in [-0.1, -0.05) is 32.9 Å². The molecule has 25 heavy (non-hydrogen) atoms. The van der Waals surface area contributed by atoms with Gasteiger partial charge < -0.3 is 15.2 Å². The van der Waals surface area contributed by atoms with E-state index in [4.69, 9.17) is 0 Å². The second-order valence-corrected chi connectivity index (χ2v) is 7.88. The molecule has 0 spiro atoms. The van der Waals surface area contributed by atoms with E-state index in [-0.39, 0.29) is 0 Å². The molecular formula is C22H31N3. The molecule has 1 aliphatic rings. The standard InChI is InChI=1S/C22H31N3/c1-7-22(3)11-10-18(21(14-22)23-4)15(2)19-12-16-8-9-17(25(5)6)13-20(16)24-19/h8-9,12-13,23-24H,2,7,10-11,14H2,1,3-6H3. The summed E-state index contributed by atoms with van der Waals surface area (Å²) in [6.07, 6.45) is 4.66. The Morgan fingerprint density at radius 1 is 1.32 bits per heavy atom. The second kappa shape index (κ2) is 6.62. The van der Waals surface area contributed by atoms with Crippen LogP contribution in [0.5, 0.6) is 0 Å². The highest BCUT2D eigenvalue weighted by Gasteiger charge is 2.30. The lowest BCUT2D eigenvalue weighted by atomic mass is 9.72. The van der Waals surface area contributed by atoms with E-state index in [0.29, 0.717) is 5.41 Å². The molecule has 0 radical (unpaired) electrons. The molecule has 0 aliphatic heterocycles. The van der Waals surface area contributed by atoms with E-state index >= 15 is 0 Å². The van der Waals surface area contributed by atoms with Crippen LogP contribution in [0.1, 0.15) is 45.2 Å². The third-order valence-electron chi connectivity index (χ3n) is 5.91. The van der Waals surface area contributed by atoms with E-state index in [1.165, 1.54) is 40.7 Å². The Morgan fingerprint density at radius 2 is 2.08 bits per heavy atom. The van der Waals surface area contributed by atoms with Gasteiger partial charge in [-0.25, -0.2) is 0 Å². The third-order valence-corrected chi connectivity index (χ3v) is 5.91. The average Bonchev–Trinajstić information content (AvgIpc) is 3.04. The molecule has 0 bridgehead atoms. The van der Waals surface area contributed by atoms with Gasteiger partial charge in [0, 0.05) is 49.1 Å². The molecule has 1 aromatic heterocycles. The second-order valence-electron chi connectivity index (χ2n) is 7.88. The highest BCUT2D eigenvalue weighted by atomic mass is 15.1. The van der Waals surface area contributed by atoms with Crippen LogP contribution in [0.3, 0.4) is 0 Å². The highest BCUT2D eigenvalue weighted by molar-refractivity contribution is 5.89. The Kier molecular flexibility index (Phi) is 4.68. The van der Waals surface area contributed by atoms with Gasteiger partial charge in [0.1, 0.15) is 0 Å². The van der Waals surface area contributed by atoms with Gasteiger partial charge in [-0.3, -0.25) is 0 Å². The lowest BCUT2D eigenvalue weighted by molar-refractivity contribution is 0.263. The summed E-state index contributed by atoms with van der Waals surface area (Å²) in [7, 11) is 6.18. The number of rotatable bonds is 5. The van der Waals surface area contributed by atoms with E-state index in [1.54, 1.807) is 0 Å². The Hall–Kier alpha value is -2.16. The fourth-order valence-electron chi connectivity index (χ4n) is 3.79. The maximum atomic E-state index is 4.43. The number of anilines is 1. The minimum Gasteiger partial charge on any atom is -0.391 e. The van der Waals surface area contributed by atoms with Gasteiger partial charge in [0.2, 0.25) is 0 Å². The number of aromatic nitrogens is 1. The number of nitrogens with one attached hydrogen (secondary N) is 2. The van der Waals surface area contributed by atoms with Crippen molar-refractivity contribution in [3.05, 3.63) is 47.8 Å². The SMILES string of the molecule is C=C(C1=C(NC)CC(C)(CC)CC1)c1cc2ccc(N(C)C)cc2[nH]1. The summed E-state index contributed by atoms with van der Waals surface area (Å²) in [5.74, 6) is 0. The van der Waals surface area contributed by atoms with Crippen LogP contribution in [-0.2, 0) is 0 Å². The summed E-state index contributed by atoms with van der Waals surface area (Å²) in [5, 5.41) is 4.69. The van der Waals surface area contributed by atoms with Gasteiger partial charge in [-0.2, -0.15) is 0 Å². The molecule has 1 aromatic carbocycles. The van der Waals surface area contributed by atoms with Gasteiger partial charge >= 0.3 is 0 Å². The number of hydrogen-bond acceptors (Lipinski definition) is 2. The van der Waals surface area contributed by atoms with Crippen molar-refractivity contribution in [2.24, 2.45) is 5.41 Å². The first-order valence-electron chi connectivity index (χ1n) is 9.26. The summed E-state index contributed by atoms with van der Waals surface area (Å²) in [5.41, 5.74) is 7.78. The summed E-state index contributed by atoms with van der Waals surface area (Å²) in [4.78, 5) is 5.71. The summed E-state index contributed by atoms with van der Waals surface area (Å²) < 4.78 is 0. The Morgan fingerprint density at radius 3 is 2.72 bits per heavy atom. The number of H-pyrrole nitrogens is 1. The molecule has 134 valence electrons. The van der Waals surface area contributed by atoms with Crippen molar-refractivity contribution >= 4 is 22.2 Å². The number of aromatic amines is 1. The summed E-state index contributed by atoms with van der Waals surface area (Å²) >= 11 is 0. The summed E-state index contributed by atoms with van der Waals surface area (Å²) in [6, 6.07) is 8.77. The van der Waals surface area contributed by atoms with Crippen molar-refractivity contribution < 1.29 is 0 Å². The molecule has 0 fully saturated rings. The smallest absolute Gasteiger partial charge is 0.0479 e. The Labute approximate surface area is 151 Å². The van der Waals surface area contributed by atoms with Crippen molar-refractivity contribution in [3.8, 4) is 0 Å². The van der Waals surface area contributed by atoms with E-state index in [1.807, 2.05) is 7.05 Å². The minimum atomic E-state index is 0.406. The Bertz CT molecular complexity index is 825. The van der Waals surface area contributed by atoms with Crippen LogP contribution < -0.4 is 10.2 Å². The topological polar surface area (TPSA) is 31.1 Å². The molecule has 2 aromatic rings. The first kappa shape index (κ1) is 17.7. The van der Waals surface area contributed by atoms with Crippen LogP contribution in [0.4, 0.5) is 5.69 Å². The Balaban J connectivity index is 1.96. The largest absolute Gasteiger partial charge is 0.391 e. The molecule has 1 atom stereocenters. The zero-order valence-corrected chi connectivity index (χ0v) is 16.3. The van der Waals surface area contributed by atoms with Crippen LogP contribution >= 0.6 is 0 Å². The predicted molar refractivity (Wildman–Crippen MR) is 110 cm³/mol. The molecule has 0 saturated carbocycles. The van der Waals surface area contributed by atoms with Gasteiger partial charge in [0.05, 0.1) is 0 Å². The van der Waals surface area contributed by atoms with E-state index < -0.39 is 0 Å². The molecule has 3 nitrogen and oxygen atoms in total. The molecular weight excluding hydrogens is 306 g/mol. The third kappa shape index (κ3) is 3.33. The van der Waals surface area contributed by atoms with E-state index in [9.17, 15) is 0 Å². The van der Waals surface area contributed by atoms with Crippen molar-refractivity contribution in [3.63, 3.8) is 0 Å². The molecule has 2 N–H and O–H groups in total. The number of fused-ring (bicyclic) bond motifs is 1. The first-order valence-corrected chi connectivity index (χ1v) is 9.26. The highest BCUT2D eigenvalue weighted by Crippen LogP contribution is 2.44. The molecule has 1 unspecified atom stereocenters. The molecule has 3 rings (SSSR count). The van der Waals surface area contributed by atoms with Crippen LogP contribution in [0.25, 0.3) is 16.5 Å². The maximum absolute atomic E-state index is 4.43. The molecule has 0 amide bonds. The van der Waals surface area contributed by atoms with Crippen molar-refractivity contribution in [2.75, 3.05) is 26.0 Å². The zero-order chi connectivity index (χ0) is 18.2. The summed E-state index contributed by atoms with van der Waals surface area (Å²) in [6.45, 7) is 9.13. The monoisotopic (exact) mass is 337 g/mol. The fourth-order valence-corrected chi connectivity index (χ4v) is 3.79. The quantitative estimate of drug-likeness (QED) is 0.773. The van der Waals surface area contributed by atoms with Crippen LogP contribution in [0.2, 0.25) is 0 Å². The molecule has 1 heterocycles.